The van der Waals surface area contributed by atoms with Gasteiger partial charge < -0.3 is 4.74 Å². The number of nitriles is 1. The number of rotatable bonds is 6. The minimum atomic E-state index is -0.426. The highest BCUT2D eigenvalue weighted by atomic mass is 35.5. The summed E-state index contributed by atoms with van der Waals surface area (Å²) in [6, 6.07) is 18.0. The Balaban J connectivity index is 1.59. The molecule has 3 rings (SSSR count). The average Bonchev–Trinajstić information content (AvgIpc) is 3.01. The van der Waals surface area contributed by atoms with Crippen molar-refractivity contribution >= 4 is 23.7 Å². The number of para-hydroxylation sites is 1. The predicted octanol–water partition coefficient (Wildman–Crippen LogP) is 3.23. The molecule has 0 saturated carbocycles. The summed E-state index contributed by atoms with van der Waals surface area (Å²) in [5.41, 5.74) is 5.02. The van der Waals surface area contributed by atoms with Crippen LogP contribution in [0.15, 0.2) is 59.7 Å². The van der Waals surface area contributed by atoms with E-state index in [0.29, 0.717) is 27.7 Å². The topological polar surface area (TPSA) is 92.3 Å². The standard InChI is InChI=1S/C20H16ClN5O2/c1-14-18(20(21)26(25-14)16-5-3-2-4-6-16)12-23-24-19(27)13-28-17-9-7-15(11-22)8-10-17/h2-10,12H,13H2,1H3,(H,24,27)/b23-12-. The lowest BCUT2D eigenvalue weighted by Crippen LogP contribution is -2.24. The molecule has 1 amide bonds. The smallest absolute Gasteiger partial charge is 0.277 e. The van der Waals surface area contributed by atoms with Crippen molar-refractivity contribution in [1.82, 2.24) is 15.2 Å². The Kier molecular flexibility index (Phi) is 6.04. The zero-order valence-corrected chi connectivity index (χ0v) is 15.7. The van der Waals surface area contributed by atoms with Crippen LogP contribution >= 0.6 is 11.6 Å². The van der Waals surface area contributed by atoms with Gasteiger partial charge in [-0.25, -0.2) is 10.1 Å². The lowest BCUT2D eigenvalue weighted by molar-refractivity contribution is -0.123. The van der Waals surface area contributed by atoms with Crippen LogP contribution in [0.25, 0.3) is 5.69 Å². The maximum atomic E-state index is 11.9. The molecule has 0 unspecified atom stereocenters. The lowest BCUT2D eigenvalue weighted by atomic mass is 10.2. The van der Waals surface area contributed by atoms with Crippen LogP contribution in [0.4, 0.5) is 0 Å². The van der Waals surface area contributed by atoms with E-state index in [0.717, 1.165) is 5.69 Å². The highest BCUT2D eigenvalue weighted by molar-refractivity contribution is 6.32. The Bertz CT molecular complexity index is 1040. The van der Waals surface area contributed by atoms with Crippen LogP contribution < -0.4 is 10.2 Å². The van der Waals surface area contributed by atoms with Crippen LogP contribution in [0, 0.1) is 18.3 Å². The van der Waals surface area contributed by atoms with Crippen LogP contribution in [0.5, 0.6) is 5.75 Å². The molecule has 2 aromatic carbocycles. The number of ether oxygens (including phenoxy) is 1. The van der Waals surface area contributed by atoms with Crippen molar-refractivity contribution in [2.45, 2.75) is 6.92 Å². The summed E-state index contributed by atoms with van der Waals surface area (Å²) in [7, 11) is 0. The van der Waals surface area contributed by atoms with Crippen LogP contribution in [0.3, 0.4) is 0 Å². The second-order valence-corrected chi connectivity index (χ2v) is 6.11. The SMILES string of the molecule is Cc1nn(-c2ccccc2)c(Cl)c1/C=N\NC(=O)COc1ccc(C#N)cc1. The quantitative estimate of drug-likeness (QED) is 0.514. The number of aromatic nitrogens is 2. The molecule has 0 saturated heterocycles. The van der Waals surface area contributed by atoms with Crippen molar-refractivity contribution in [3.8, 4) is 17.5 Å². The molecule has 1 N–H and O–H groups in total. The van der Waals surface area contributed by atoms with Gasteiger partial charge in [-0.2, -0.15) is 15.5 Å². The van der Waals surface area contributed by atoms with Gasteiger partial charge in [-0.05, 0) is 43.3 Å². The lowest BCUT2D eigenvalue weighted by Gasteiger charge is -2.04. The number of carbonyl (C=O) groups excluding carboxylic acids is 1. The zero-order valence-electron chi connectivity index (χ0n) is 15.0. The zero-order chi connectivity index (χ0) is 19.9. The molecule has 8 heteroatoms. The van der Waals surface area contributed by atoms with E-state index in [1.54, 1.807) is 28.9 Å². The summed E-state index contributed by atoms with van der Waals surface area (Å²) in [5.74, 6) is 0.0611. The van der Waals surface area contributed by atoms with Gasteiger partial charge in [-0.1, -0.05) is 29.8 Å². The fourth-order valence-electron chi connectivity index (χ4n) is 2.37. The van der Waals surface area contributed by atoms with Crippen LogP contribution in [-0.4, -0.2) is 28.5 Å². The predicted molar refractivity (Wildman–Crippen MR) is 106 cm³/mol. The first kappa shape index (κ1) is 19.1. The minimum Gasteiger partial charge on any atom is -0.484 e. The third-order valence-corrected chi connectivity index (χ3v) is 4.15. The summed E-state index contributed by atoms with van der Waals surface area (Å²) in [6.07, 6.45) is 1.45. The van der Waals surface area contributed by atoms with Crippen molar-refractivity contribution < 1.29 is 9.53 Å². The maximum absolute atomic E-state index is 11.9. The van der Waals surface area contributed by atoms with Gasteiger partial charge in [0.25, 0.3) is 5.91 Å². The third kappa shape index (κ3) is 4.55. The molecule has 0 fully saturated rings. The first-order valence-corrected chi connectivity index (χ1v) is 8.71. The molecular weight excluding hydrogens is 378 g/mol. The van der Waals surface area contributed by atoms with Gasteiger partial charge >= 0.3 is 0 Å². The summed E-state index contributed by atoms with van der Waals surface area (Å²) < 4.78 is 6.95. The highest BCUT2D eigenvalue weighted by Gasteiger charge is 2.13. The summed E-state index contributed by atoms with van der Waals surface area (Å²) in [5, 5.41) is 17.5. The number of hydrogen-bond donors (Lipinski definition) is 1. The van der Waals surface area contributed by atoms with Gasteiger partial charge in [-0.3, -0.25) is 4.79 Å². The van der Waals surface area contributed by atoms with Crippen molar-refractivity contribution in [3.05, 3.63) is 76.6 Å². The van der Waals surface area contributed by atoms with Crippen molar-refractivity contribution in [2.24, 2.45) is 5.10 Å². The van der Waals surface area contributed by atoms with Crippen molar-refractivity contribution in [3.63, 3.8) is 0 Å². The average molecular weight is 394 g/mol. The fourth-order valence-corrected chi connectivity index (χ4v) is 2.69. The Morgan fingerprint density at radius 2 is 2.00 bits per heavy atom. The minimum absolute atomic E-state index is 0.209. The molecule has 0 radical (unpaired) electrons. The van der Waals surface area contributed by atoms with Gasteiger partial charge in [0.05, 0.1) is 34.8 Å². The first-order chi connectivity index (χ1) is 13.6. The van der Waals surface area contributed by atoms with Gasteiger partial charge in [0.1, 0.15) is 10.9 Å². The summed E-state index contributed by atoms with van der Waals surface area (Å²) >= 11 is 6.39. The van der Waals surface area contributed by atoms with Crippen LogP contribution in [-0.2, 0) is 4.79 Å². The number of nitrogens with zero attached hydrogens (tertiary/aromatic N) is 4. The third-order valence-electron chi connectivity index (χ3n) is 3.79. The van der Waals surface area contributed by atoms with Crippen molar-refractivity contribution in [2.75, 3.05) is 6.61 Å². The molecular formula is C20H16ClN5O2. The molecule has 28 heavy (non-hydrogen) atoms. The monoisotopic (exact) mass is 393 g/mol. The van der Waals surface area contributed by atoms with E-state index in [-0.39, 0.29) is 6.61 Å². The number of amides is 1. The van der Waals surface area contributed by atoms with Gasteiger partial charge in [0, 0.05) is 0 Å². The maximum Gasteiger partial charge on any atom is 0.277 e. The Morgan fingerprint density at radius 1 is 1.29 bits per heavy atom. The molecule has 0 spiro atoms. The molecule has 140 valence electrons. The Labute approximate surface area is 166 Å². The Hall–Kier alpha value is -3.63. The molecule has 0 aliphatic rings. The number of hydrazone groups is 1. The Morgan fingerprint density at radius 3 is 2.68 bits per heavy atom. The van der Waals surface area contributed by atoms with Gasteiger partial charge in [0.15, 0.2) is 6.61 Å². The number of nitrogens with one attached hydrogen (secondary N) is 1. The molecule has 1 heterocycles. The number of halogens is 1. The van der Waals surface area contributed by atoms with E-state index < -0.39 is 5.91 Å². The molecule has 7 nitrogen and oxygen atoms in total. The molecule has 0 bridgehead atoms. The van der Waals surface area contributed by atoms with E-state index in [9.17, 15) is 4.79 Å². The first-order valence-electron chi connectivity index (χ1n) is 8.34. The number of hydrogen-bond acceptors (Lipinski definition) is 5. The van der Waals surface area contributed by atoms with E-state index in [1.807, 2.05) is 43.3 Å². The highest BCUT2D eigenvalue weighted by Crippen LogP contribution is 2.21. The van der Waals surface area contributed by atoms with E-state index >= 15 is 0 Å². The molecule has 0 atom stereocenters. The van der Waals surface area contributed by atoms with E-state index in [4.69, 9.17) is 21.6 Å². The normalized spacial score (nSPS) is 10.6. The molecule has 0 aliphatic carbocycles. The van der Waals surface area contributed by atoms with E-state index in [1.165, 1.54) is 6.21 Å². The molecule has 3 aromatic rings. The largest absolute Gasteiger partial charge is 0.484 e. The number of carbonyl (C=O) groups is 1. The van der Waals surface area contributed by atoms with Crippen molar-refractivity contribution in [1.29, 1.82) is 5.26 Å². The van der Waals surface area contributed by atoms with Crippen LogP contribution in [0.1, 0.15) is 16.8 Å². The summed E-state index contributed by atoms with van der Waals surface area (Å²) in [4.78, 5) is 11.9. The van der Waals surface area contributed by atoms with Gasteiger partial charge in [-0.15, -0.1) is 0 Å². The fraction of sp³-hybridized carbons (Fsp3) is 0.100. The van der Waals surface area contributed by atoms with Crippen LogP contribution in [0.2, 0.25) is 5.15 Å². The molecule has 0 aliphatic heterocycles. The second kappa shape index (κ2) is 8.84. The second-order valence-electron chi connectivity index (χ2n) is 5.76. The van der Waals surface area contributed by atoms with E-state index in [2.05, 4.69) is 15.6 Å². The van der Waals surface area contributed by atoms with Gasteiger partial charge in [0.2, 0.25) is 0 Å². The number of aryl methyl sites for hydroxylation is 1. The molecule has 1 aromatic heterocycles. The number of benzene rings is 2. The summed E-state index contributed by atoms with van der Waals surface area (Å²) in [6.45, 7) is 1.60.